The average Bonchev–Trinajstić information content (AvgIpc) is 3.14. The lowest BCUT2D eigenvalue weighted by atomic mass is 10.2. The predicted octanol–water partition coefficient (Wildman–Crippen LogP) is 4.28. The summed E-state index contributed by atoms with van der Waals surface area (Å²) in [5, 5.41) is 2.94. The highest BCUT2D eigenvalue weighted by Gasteiger charge is 2.18. The largest absolute Gasteiger partial charge is 0.241 e. The van der Waals surface area contributed by atoms with Crippen molar-refractivity contribution >= 4 is 32.7 Å². The molecule has 24 heavy (non-hydrogen) atoms. The Bertz CT molecular complexity index is 958. The number of benzene rings is 1. The number of aromatic nitrogens is 1. The summed E-state index contributed by atoms with van der Waals surface area (Å²) in [6.45, 7) is 5.93. The zero-order valence-electron chi connectivity index (χ0n) is 13.7. The van der Waals surface area contributed by atoms with Gasteiger partial charge in [0.05, 0.1) is 15.5 Å². The van der Waals surface area contributed by atoms with Gasteiger partial charge in [-0.05, 0) is 43.8 Å². The number of thiophene rings is 1. The van der Waals surface area contributed by atoms with E-state index < -0.39 is 10.0 Å². The van der Waals surface area contributed by atoms with E-state index in [-0.39, 0.29) is 6.54 Å². The quantitative estimate of drug-likeness (QED) is 0.721. The molecule has 0 saturated heterocycles. The fraction of sp³-hybridized carbons (Fsp3) is 0.235. The number of hydrogen-bond acceptors (Lipinski definition) is 5. The minimum Gasteiger partial charge on any atom is -0.240 e. The summed E-state index contributed by atoms with van der Waals surface area (Å²) in [7, 11) is -3.54. The Morgan fingerprint density at radius 2 is 1.96 bits per heavy atom. The molecule has 0 radical (unpaired) electrons. The Morgan fingerprint density at radius 3 is 2.62 bits per heavy atom. The molecule has 0 fully saturated rings. The number of hydrogen-bond donors (Lipinski definition) is 1. The number of thiazole rings is 1. The third-order valence-corrected chi connectivity index (χ3v) is 7.43. The maximum atomic E-state index is 12.6. The van der Waals surface area contributed by atoms with Crippen molar-refractivity contribution in [1.82, 2.24) is 9.71 Å². The Morgan fingerprint density at radius 1 is 1.17 bits per heavy atom. The van der Waals surface area contributed by atoms with Crippen molar-refractivity contribution in [3.05, 3.63) is 57.4 Å². The third kappa shape index (κ3) is 3.59. The molecule has 1 aromatic carbocycles. The van der Waals surface area contributed by atoms with Crippen LogP contribution in [0.3, 0.4) is 0 Å². The molecule has 0 aliphatic rings. The monoisotopic (exact) mass is 378 g/mol. The Balaban J connectivity index is 1.80. The summed E-state index contributed by atoms with van der Waals surface area (Å²) in [6, 6.07) is 9.35. The van der Waals surface area contributed by atoms with Crippen LogP contribution in [0.4, 0.5) is 0 Å². The normalized spacial score (nSPS) is 11.8. The van der Waals surface area contributed by atoms with E-state index in [1.807, 2.05) is 50.4 Å². The third-order valence-electron chi connectivity index (χ3n) is 3.67. The minimum atomic E-state index is -3.54. The van der Waals surface area contributed by atoms with Crippen LogP contribution in [0, 0.1) is 20.8 Å². The van der Waals surface area contributed by atoms with E-state index in [1.54, 1.807) is 17.4 Å². The first-order valence-electron chi connectivity index (χ1n) is 7.44. The van der Waals surface area contributed by atoms with E-state index in [0.29, 0.717) is 4.90 Å². The lowest BCUT2D eigenvalue weighted by Gasteiger charge is -2.09. The molecule has 0 spiro atoms. The molecule has 0 bridgehead atoms. The second-order valence-electron chi connectivity index (χ2n) is 5.60. The topological polar surface area (TPSA) is 59.1 Å². The zero-order chi connectivity index (χ0) is 17.3. The summed E-state index contributed by atoms with van der Waals surface area (Å²) >= 11 is 3.16. The van der Waals surface area contributed by atoms with Gasteiger partial charge in [-0.3, -0.25) is 0 Å². The van der Waals surface area contributed by atoms with Crippen LogP contribution in [-0.4, -0.2) is 13.4 Å². The molecule has 0 aliphatic carbocycles. The number of rotatable bonds is 5. The van der Waals surface area contributed by atoms with E-state index in [4.69, 9.17) is 0 Å². The van der Waals surface area contributed by atoms with Crippen LogP contribution in [-0.2, 0) is 16.6 Å². The van der Waals surface area contributed by atoms with Crippen LogP contribution in [0.1, 0.15) is 21.7 Å². The number of sulfonamides is 1. The number of aryl methyl sites for hydroxylation is 3. The number of nitrogens with one attached hydrogen (secondary N) is 1. The summed E-state index contributed by atoms with van der Waals surface area (Å²) < 4.78 is 27.8. The summed E-state index contributed by atoms with van der Waals surface area (Å²) in [5.74, 6) is 0. The van der Waals surface area contributed by atoms with Crippen molar-refractivity contribution in [3.63, 3.8) is 0 Å². The van der Waals surface area contributed by atoms with Gasteiger partial charge in [0, 0.05) is 11.4 Å². The molecule has 7 heteroatoms. The first-order chi connectivity index (χ1) is 11.4. The lowest BCUT2D eigenvalue weighted by molar-refractivity contribution is 0.581. The SMILES string of the molecule is Cc1ccc(S(=O)(=O)NCc2sc(-c3cccs3)nc2C)c(C)c1. The second-order valence-corrected chi connectivity index (χ2v) is 9.37. The van der Waals surface area contributed by atoms with Crippen LogP contribution in [0.2, 0.25) is 0 Å². The molecule has 126 valence electrons. The van der Waals surface area contributed by atoms with Gasteiger partial charge in [0.1, 0.15) is 5.01 Å². The van der Waals surface area contributed by atoms with Crippen LogP contribution >= 0.6 is 22.7 Å². The molecule has 0 aliphatic heterocycles. The summed E-state index contributed by atoms with van der Waals surface area (Å²) in [5.41, 5.74) is 2.67. The Kier molecular flexibility index (Phi) is 4.87. The molecule has 0 atom stereocenters. The first-order valence-corrected chi connectivity index (χ1v) is 10.6. The van der Waals surface area contributed by atoms with E-state index in [2.05, 4.69) is 9.71 Å². The fourth-order valence-electron chi connectivity index (χ4n) is 2.44. The molecule has 0 amide bonds. The van der Waals surface area contributed by atoms with Gasteiger partial charge in [-0.15, -0.1) is 22.7 Å². The van der Waals surface area contributed by atoms with Crippen LogP contribution in [0.25, 0.3) is 9.88 Å². The van der Waals surface area contributed by atoms with Crippen molar-refractivity contribution in [2.24, 2.45) is 0 Å². The van der Waals surface area contributed by atoms with Crippen molar-refractivity contribution in [1.29, 1.82) is 0 Å². The van der Waals surface area contributed by atoms with Gasteiger partial charge in [0.15, 0.2) is 0 Å². The minimum absolute atomic E-state index is 0.254. The van der Waals surface area contributed by atoms with Crippen molar-refractivity contribution in [3.8, 4) is 9.88 Å². The second kappa shape index (κ2) is 6.76. The van der Waals surface area contributed by atoms with E-state index >= 15 is 0 Å². The van der Waals surface area contributed by atoms with E-state index in [1.165, 1.54) is 11.3 Å². The maximum Gasteiger partial charge on any atom is 0.241 e. The molecule has 0 unspecified atom stereocenters. The van der Waals surface area contributed by atoms with Crippen LogP contribution in [0.15, 0.2) is 40.6 Å². The highest BCUT2D eigenvalue weighted by Crippen LogP contribution is 2.31. The molecule has 4 nitrogen and oxygen atoms in total. The van der Waals surface area contributed by atoms with Gasteiger partial charge in [-0.25, -0.2) is 18.1 Å². The highest BCUT2D eigenvalue weighted by atomic mass is 32.2. The highest BCUT2D eigenvalue weighted by molar-refractivity contribution is 7.89. The molecule has 1 N–H and O–H groups in total. The van der Waals surface area contributed by atoms with Crippen LogP contribution < -0.4 is 4.72 Å². The van der Waals surface area contributed by atoms with Gasteiger partial charge in [-0.2, -0.15) is 0 Å². The number of nitrogens with zero attached hydrogens (tertiary/aromatic N) is 1. The van der Waals surface area contributed by atoms with Crippen LogP contribution in [0.5, 0.6) is 0 Å². The Hall–Kier alpha value is -1.54. The fourth-order valence-corrected chi connectivity index (χ4v) is 5.55. The van der Waals surface area contributed by atoms with Crippen molar-refractivity contribution in [2.75, 3.05) is 0 Å². The lowest BCUT2D eigenvalue weighted by Crippen LogP contribution is -2.24. The molecule has 2 aromatic heterocycles. The summed E-state index contributed by atoms with van der Waals surface area (Å²) in [6.07, 6.45) is 0. The predicted molar refractivity (Wildman–Crippen MR) is 100 cm³/mol. The first kappa shape index (κ1) is 17.3. The summed E-state index contributed by atoms with van der Waals surface area (Å²) in [4.78, 5) is 6.92. The molecule has 2 heterocycles. The van der Waals surface area contributed by atoms with E-state index in [0.717, 1.165) is 31.6 Å². The standard InChI is InChI=1S/C17H18N2O2S3/c1-11-6-7-16(12(2)9-11)24(20,21)18-10-15-13(3)19-17(23-15)14-5-4-8-22-14/h4-9,18H,10H2,1-3H3. The molecular formula is C17H18N2O2S3. The van der Waals surface area contributed by atoms with E-state index in [9.17, 15) is 8.42 Å². The van der Waals surface area contributed by atoms with Gasteiger partial charge in [0.2, 0.25) is 10.0 Å². The smallest absolute Gasteiger partial charge is 0.240 e. The van der Waals surface area contributed by atoms with Gasteiger partial charge in [0.25, 0.3) is 0 Å². The van der Waals surface area contributed by atoms with Gasteiger partial charge < -0.3 is 0 Å². The Labute approximate surface area is 150 Å². The van der Waals surface area contributed by atoms with Crippen molar-refractivity contribution in [2.45, 2.75) is 32.2 Å². The average molecular weight is 379 g/mol. The molecule has 0 saturated carbocycles. The van der Waals surface area contributed by atoms with Crippen molar-refractivity contribution < 1.29 is 8.42 Å². The van der Waals surface area contributed by atoms with Gasteiger partial charge >= 0.3 is 0 Å². The molecule has 3 rings (SSSR count). The molecular weight excluding hydrogens is 360 g/mol. The molecule has 3 aromatic rings. The maximum absolute atomic E-state index is 12.6. The zero-order valence-corrected chi connectivity index (χ0v) is 16.1. The van der Waals surface area contributed by atoms with Gasteiger partial charge in [-0.1, -0.05) is 23.8 Å².